The molecule has 28 heavy (non-hydrogen) atoms. The first kappa shape index (κ1) is 20.2. The van der Waals surface area contributed by atoms with Crippen LogP contribution in [0.4, 0.5) is 0 Å². The molecule has 0 aliphatic heterocycles. The molecule has 3 nitrogen and oxygen atoms in total. The van der Waals surface area contributed by atoms with E-state index >= 15 is 0 Å². The Hall–Kier alpha value is -2.52. The highest BCUT2D eigenvalue weighted by atomic mass is 35.5. The summed E-state index contributed by atoms with van der Waals surface area (Å²) in [4.78, 5) is 15.1. The third-order valence-electron chi connectivity index (χ3n) is 5.17. The molecule has 4 heteroatoms. The Balaban J connectivity index is 1.80. The number of halogens is 1. The van der Waals surface area contributed by atoms with Gasteiger partial charge in [0.15, 0.2) is 0 Å². The van der Waals surface area contributed by atoms with Gasteiger partial charge in [-0.25, -0.2) is 0 Å². The molecule has 2 atom stereocenters. The van der Waals surface area contributed by atoms with E-state index in [0.29, 0.717) is 6.54 Å². The molecule has 1 amide bonds. The Bertz CT molecular complexity index is 876. The number of carbonyl (C=O) groups is 1. The second-order valence-electron chi connectivity index (χ2n) is 7.11. The van der Waals surface area contributed by atoms with Crippen LogP contribution in [0.3, 0.4) is 0 Å². The first-order valence-corrected chi connectivity index (χ1v) is 10.2. The molecule has 1 heterocycles. The topological polar surface area (TPSA) is 25.2 Å². The Morgan fingerprint density at radius 1 is 1.00 bits per heavy atom. The lowest BCUT2D eigenvalue weighted by molar-refractivity contribution is -0.133. The van der Waals surface area contributed by atoms with Crippen molar-refractivity contribution in [3.63, 3.8) is 0 Å². The molecule has 0 fully saturated rings. The fourth-order valence-electron chi connectivity index (χ4n) is 3.28. The molecule has 2 aromatic carbocycles. The summed E-state index contributed by atoms with van der Waals surface area (Å²) in [6.45, 7) is 5.51. The molecule has 3 rings (SSSR count). The number of hydrogen-bond acceptors (Lipinski definition) is 1. The van der Waals surface area contributed by atoms with E-state index in [4.69, 9.17) is 11.6 Å². The normalized spacial score (nSPS) is 13.1. The molecule has 146 valence electrons. The van der Waals surface area contributed by atoms with Crippen molar-refractivity contribution in [1.29, 1.82) is 0 Å². The number of rotatable bonds is 8. The van der Waals surface area contributed by atoms with Crippen molar-refractivity contribution >= 4 is 17.5 Å². The van der Waals surface area contributed by atoms with Crippen LogP contribution >= 0.6 is 11.6 Å². The number of alkyl halides is 1. The zero-order valence-electron chi connectivity index (χ0n) is 16.5. The highest BCUT2D eigenvalue weighted by Crippen LogP contribution is 2.26. The highest BCUT2D eigenvalue weighted by Gasteiger charge is 2.27. The number of aromatic nitrogens is 1. The summed E-state index contributed by atoms with van der Waals surface area (Å²) in [5.74, 6) is -0.0466. The Morgan fingerprint density at radius 2 is 1.64 bits per heavy atom. The van der Waals surface area contributed by atoms with E-state index in [-0.39, 0.29) is 11.9 Å². The second kappa shape index (κ2) is 9.61. The molecular formula is C24H27ClN2O. The van der Waals surface area contributed by atoms with Gasteiger partial charge in [-0.2, -0.15) is 0 Å². The standard InChI is InChI=1S/C24H27ClN2O/c1-3-19(2)27(24(28)23(25)21-13-8-5-9-14-21)18-22-15-10-16-26(22)17-20-11-6-4-7-12-20/h4-16,19,23H,3,17-18H2,1-2H3. The van der Waals surface area contributed by atoms with Gasteiger partial charge in [0.1, 0.15) is 5.38 Å². The van der Waals surface area contributed by atoms with E-state index in [1.54, 1.807) is 0 Å². The minimum absolute atomic E-state index is 0.0466. The number of carbonyl (C=O) groups excluding carboxylic acids is 1. The summed E-state index contributed by atoms with van der Waals surface area (Å²) in [6.07, 6.45) is 2.94. The van der Waals surface area contributed by atoms with Gasteiger partial charge in [0.2, 0.25) is 5.91 Å². The van der Waals surface area contributed by atoms with Gasteiger partial charge in [-0.05, 0) is 36.6 Å². The summed E-state index contributed by atoms with van der Waals surface area (Å²) in [7, 11) is 0. The summed E-state index contributed by atoms with van der Waals surface area (Å²) in [5, 5.41) is -0.673. The number of hydrogen-bond donors (Lipinski definition) is 0. The van der Waals surface area contributed by atoms with Gasteiger partial charge in [-0.3, -0.25) is 4.79 Å². The average Bonchev–Trinajstić information content (AvgIpc) is 3.18. The fourth-order valence-corrected chi connectivity index (χ4v) is 3.55. The second-order valence-corrected chi connectivity index (χ2v) is 7.55. The molecule has 0 bridgehead atoms. The van der Waals surface area contributed by atoms with Crippen LogP contribution in [0, 0.1) is 0 Å². The molecule has 0 saturated carbocycles. The number of amides is 1. The predicted octanol–water partition coefficient (Wildman–Crippen LogP) is 5.64. The number of benzene rings is 2. The van der Waals surface area contributed by atoms with Crippen LogP contribution in [0.25, 0.3) is 0 Å². The number of nitrogens with zero attached hydrogens (tertiary/aromatic N) is 2. The largest absolute Gasteiger partial charge is 0.345 e. The third-order valence-corrected chi connectivity index (χ3v) is 5.61. The molecule has 2 unspecified atom stereocenters. The van der Waals surface area contributed by atoms with Crippen molar-refractivity contribution in [2.24, 2.45) is 0 Å². The lowest BCUT2D eigenvalue weighted by Crippen LogP contribution is -2.40. The third kappa shape index (κ3) is 4.85. The van der Waals surface area contributed by atoms with E-state index in [1.807, 2.05) is 59.5 Å². The zero-order valence-corrected chi connectivity index (χ0v) is 17.2. The van der Waals surface area contributed by atoms with Crippen LogP contribution in [-0.2, 0) is 17.9 Å². The van der Waals surface area contributed by atoms with Crippen molar-refractivity contribution in [3.8, 4) is 0 Å². The van der Waals surface area contributed by atoms with E-state index in [9.17, 15) is 4.79 Å². The highest BCUT2D eigenvalue weighted by molar-refractivity contribution is 6.30. The Labute approximate surface area is 172 Å². The molecular weight excluding hydrogens is 368 g/mol. The molecule has 0 spiro atoms. The molecule has 0 saturated heterocycles. The first-order valence-electron chi connectivity index (χ1n) is 9.77. The minimum atomic E-state index is -0.673. The maximum atomic E-state index is 13.2. The first-order chi connectivity index (χ1) is 13.6. The van der Waals surface area contributed by atoms with Gasteiger partial charge in [0.25, 0.3) is 0 Å². The van der Waals surface area contributed by atoms with Gasteiger partial charge in [-0.15, -0.1) is 11.6 Å². The van der Waals surface area contributed by atoms with Crippen LogP contribution in [0.2, 0.25) is 0 Å². The predicted molar refractivity (Wildman–Crippen MR) is 115 cm³/mol. The van der Waals surface area contributed by atoms with Crippen molar-refractivity contribution < 1.29 is 4.79 Å². The average molecular weight is 395 g/mol. The molecule has 0 aliphatic carbocycles. The lowest BCUT2D eigenvalue weighted by Gasteiger charge is -2.31. The van der Waals surface area contributed by atoms with Gasteiger partial charge >= 0.3 is 0 Å². The van der Waals surface area contributed by atoms with Gasteiger partial charge in [-0.1, -0.05) is 67.6 Å². The van der Waals surface area contributed by atoms with Crippen LogP contribution in [0.15, 0.2) is 79.0 Å². The smallest absolute Gasteiger partial charge is 0.245 e. The van der Waals surface area contributed by atoms with Crippen molar-refractivity contribution in [2.45, 2.75) is 44.8 Å². The Morgan fingerprint density at radius 3 is 2.29 bits per heavy atom. The van der Waals surface area contributed by atoms with Gasteiger partial charge < -0.3 is 9.47 Å². The molecule has 0 aliphatic rings. The SMILES string of the molecule is CCC(C)N(Cc1cccn1Cc1ccccc1)C(=O)C(Cl)c1ccccc1. The summed E-state index contributed by atoms with van der Waals surface area (Å²) in [6, 6.07) is 24.1. The molecule has 0 N–H and O–H groups in total. The lowest BCUT2D eigenvalue weighted by atomic mass is 10.1. The summed E-state index contributed by atoms with van der Waals surface area (Å²) >= 11 is 6.56. The van der Waals surface area contributed by atoms with Gasteiger partial charge in [0.05, 0.1) is 6.54 Å². The van der Waals surface area contributed by atoms with E-state index in [2.05, 4.69) is 42.8 Å². The van der Waals surface area contributed by atoms with Crippen molar-refractivity contribution in [3.05, 3.63) is 95.8 Å². The van der Waals surface area contributed by atoms with Crippen molar-refractivity contribution in [2.75, 3.05) is 0 Å². The minimum Gasteiger partial charge on any atom is -0.345 e. The molecule has 3 aromatic rings. The van der Waals surface area contributed by atoms with Gasteiger partial charge in [0, 0.05) is 24.5 Å². The molecule has 1 aromatic heterocycles. The quantitative estimate of drug-likeness (QED) is 0.453. The fraction of sp³-hybridized carbons (Fsp3) is 0.292. The Kier molecular flexibility index (Phi) is 6.94. The monoisotopic (exact) mass is 394 g/mol. The summed E-state index contributed by atoms with van der Waals surface area (Å²) in [5.41, 5.74) is 3.18. The van der Waals surface area contributed by atoms with Crippen LogP contribution < -0.4 is 0 Å². The van der Waals surface area contributed by atoms with Crippen molar-refractivity contribution in [1.82, 2.24) is 9.47 Å². The van der Waals surface area contributed by atoms with E-state index < -0.39 is 5.38 Å². The van der Waals surface area contributed by atoms with E-state index in [0.717, 1.165) is 24.2 Å². The van der Waals surface area contributed by atoms with Crippen LogP contribution in [-0.4, -0.2) is 21.4 Å². The summed E-state index contributed by atoms with van der Waals surface area (Å²) < 4.78 is 2.20. The molecule has 0 radical (unpaired) electrons. The maximum absolute atomic E-state index is 13.2. The van der Waals surface area contributed by atoms with Crippen LogP contribution in [0.1, 0.15) is 42.5 Å². The maximum Gasteiger partial charge on any atom is 0.245 e. The zero-order chi connectivity index (χ0) is 19.9. The van der Waals surface area contributed by atoms with E-state index in [1.165, 1.54) is 5.56 Å². The van der Waals surface area contributed by atoms with Crippen LogP contribution in [0.5, 0.6) is 0 Å².